The molecule has 0 aliphatic carbocycles. The third kappa shape index (κ3) is 4.37. The summed E-state index contributed by atoms with van der Waals surface area (Å²) in [7, 11) is 0. The predicted molar refractivity (Wildman–Crippen MR) is 131 cm³/mol. The number of carbonyl (C=O) groups excluding carboxylic acids is 1. The maximum absolute atomic E-state index is 12.7. The number of amides is 1. The van der Waals surface area contributed by atoms with Crippen LogP contribution >= 0.6 is 38.9 Å². The van der Waals surface area contributed by atoms with Gasteiger partial charge in [0.25, 0.3) is 5.90 Å². The van der Waals surface area contributed by atoms with Crippen LogP contribution in [0.3, 0.4) is 0 Å². The maximum atomic E-state index is 12.7. The average molecular weight is 528 g/mol. The van der Waals surface area contributed by atoms with Gasteiger partial charge in [-0.05, 0) is 48.0 Å². The quantitative estimate of drug-likeness (QED) is 0.286. The fraction of sp³-hybridized carbons (Fsp3) is 0.0833. The lowest BCUT2D eigenvalue weighted by atomic mass is 10.1. The smallest absolute Gasteiger partial charge is 0.252 e. The summed E-state index contributed by atoms with van der Waals surface area (Å²) in [5.74, 6) is 1.65. The highest BCUT2D eigenvalue weighted by atomic mass is 79.9. The minimum Gasteiger partial charge on any atom is -0.457 e. The number of halogens is 2. The summed E-state index contributed by atoms with van der Waals surface area (Å²) in [6.07, 6.45) is 0.236. The highest BCUT2D eigenvalue weighted by Crippen LogP contribution is 2.39. The minimum absolute atomic E-state index is 0.0646. The number of hydrogen-bond acceptors (Lipinski definition) is 5. The second-order valence-corrected chi connectivity index (χ2v) is 9.44. The zero-order valence-corrected chi connectivity index (χ0v) is 19.8. The fourth-order valence-electron chi connectivity index (χ4n) is 3.31. The average Bonchev–Trinajstić information content (AvgIpc) is 3.40. The molecule has 1 aliphatic heterocycles. The van der Waals surface area contributed by atoms with E-state index in [2.05, 4.69) is 21.0 Å². The Hall–Kier alpha value is -2.87. The van der Waals surface area contributed by atoms with Crippen molar-refractivity contribution in [1.29, 1.82) is 0 Å². The number of hydrogen-bond donors (Lipinski definition) is 0. The Morgan fingerprint density at radius 1 is 1.09 bits per heavy atom. The van der Waals surface area contributed by atoms with Crippen molar-refractivity contribution in [2.45, 2.75) is 6.42 Å². The zero-order valence-electron chi connectivity index (χ0n) is 16.6. The van der Waals surface area contributed by atoms with E-state index in [0.29, 0.717) is 21.5 Å². The highest BCUT2D eigenvalue weighted by Gasteiger charge is 2.26. The summed E-state index contributed by atoms with van der Waals surface area (Å²) >= 11 is 11.6. The molecular formula is C24H16BrClN2O3S. The van der Waals surface area contributed by atoms with Crippen molar-refractivity contribution in [3.63, 3.8) is 0 Å². The van der Waals surface area contributed by atoms with E-state index in [1.54, 1.807) is 0 Å². The van der Waals surface area contributed by atoms with Crippen LogP contribution in [0.4, 0.5) is 0 Å². The number of carbonyl (C=O) groups is 1. The number of benzene rings is 3. The molecule has 0 spiro atoms. The van der Waals surface area contributed by atoms with Crippen molar-refractivity contribution >= 4 is 60.8 Å². The molecule has 0 saturated carbocycles. The normalized spacial score (nSPS) is 13.2. The van der Waals surface area contributed by atoms with Gasteiger partial charge in [-0.1, -0.05) is 57.9 Å². The van der Waals surface area contributed by atoms with Crippen LogP contribution in [0, 0.1) is 0 Å². The topological polar surface area (TPSA) is 51.1 Å². The summed E-state index contributed by atoms with van der Waals surface area (Å²) in [5.41, 5.74) is 0.902. The Bertz CT molecular complexity index is 1340. The molecule has 3 aromatic carbocycles. The van der Waals surface area contributed by atoms with E-state index in [-0.39, 0.29) is 19.1 Å². The monoisotopic (exact) mass is 526 g/mol. The SMILES string of the molecule is O=C(Cc1cccc(Br)c1)N1COC(c2sc3ccc(Oc4ccccc4)cc3c2Cl)=N1. The molecule has 5 nitrogen and oxygen atoms in total. The van der Waals surface area contributed by atoms with E-state index in [9.17, 15) is 4.79 Å². The Balaban J connectivity index is 1.37. The molecule has 0 bridgehead atoms. The fourth-order valence-corrected chi connectivity index (χ4v) is 5.18. The van der Waals surface area contributed by atoms with Crippen molar-refractivity contribution in [3.05, 3.63) is 92.7 Å². The Labute approximate surface area is 202 Å². The number of rotatable bonds is 5. The first kappa shape index (κ1) is 21.0. The first-order valence-electron chi connectivity index (χ1n) is 9.78. The molecule has 1 amide bonds. The molecule has 0 fully saturated rings. The van der Waals surface area contributed by atoms with Gasteiger partial charge in [0.1, 0.15) is 16.4 Å². The molecule has 160 valence electrons. The Kier molecular flexibility index (Phi) is 5.87. The zero-order chi connectivity index (χ0) is 22.1. The van der Waals surface area contributed by atoms with Crippen LogP contribution in [-0.4, -0.2) is 23.5 Å². The van der Waals surface area contributed by atoms with Crippen LogP contribution in [0.25, 0.3) is 10.1 Å². The van der Waals surface area contributed by atoms with Gasteiger partial charge < -0.3 is 9.47 Å². The molecule has 0 saturated heterocycles. The Morgan fingerprint density at radius 2 is 1.94 bits per heavy atom. The van der Waals surface area contributed by atoms with Gasteiger partial charge in [-0.2, -0.15) is 5.01 Å². The molecule has 0 unspecified atom stereocenters. The van der Waals surface area contributed by atoms with Gasteiger partial charge in [0.2, 0.25) is 5.91 Å². The van der Waals surface area contributed by atoms with Crippen molar-refractivity contribution in [2.75, 3.05) is 6.73 Å². The van der Waals surface area contributed by atoms with E-state index >= 15 is 0 Å². The number of para-hydroxylation sites is 1. The van der Waals surface area contributed by atoms with Gasteiger partial charge >= 0.3 is 0 Å². The van der Waals surface area contributed by atoms with Gasteiger partial charge in [-0.3, -0.25) is 4.79 Å². The lowest BCUT2D eigenvalue weighted by molar-refractivity contribution is -0.132. The lowest BCUT2D eigenvalue weighted by Crippen LogP contribution is -2.25. The molecule has 0 N–H and O–H groups in total. The van der Waals surface area contributed by atoms with Gasteiger partial charge in [-0.25, -0.2) is 0 Å². The van der Waals surface area contributed by atoms with E-state index in [4.69, 9.17) is 21.1 Å². The van der Waals surface area contributed by atoms with Gasteiger partial charge in [0, 0.05) is 14.6 Å². The third-order valence-electron chi connectivity index (χ3n) is 4.84. The summed E-state index contributed by atoms with van der Waals surface area (Å²) in [4.78, 5) is 13.3. The molecule has 4 aromatic rings. The van der Waals surface area contributed by atoms with Gasteiger partial charge in [0.15, 0.2) is 6.73 Å². The van der Waals surface area contributed by atoms with Crippen molar-refractivity contribution in [1.82, 2.24) is 5.01 Å². The summed E-state index contributed by atoms with van der Waals surface area (Å²) in [6.45, 7) is 0.0646. The van der Waals surface area contributed by atoms with Crippen LogP contribution < -0.4 is 4.74 Å². The van der Waals surface area contributed by atoms with Crippen LogP contribution in [0.2, 0.25) is 5.02 Å². The molecule has 1 aliphatic rings. The van der Waals surface area contributed by atoms with Crippen LogP contribution in [0.15, 0.2) is 82.4 Å². The summed E-state index contributed by atoms with van der Waals surface area (Å²) in [6, 6.07) is 23.0. The molecule has 32 heavy (non-hydrogen) atoms. The van der Waals surface area contributed by atoms with Crippen LogP contribution in [-0.2, 0) is 16.0 Å². The number of fused-ring (bicyclic) bond motifs is 1. The number of nitrogens with zero attached hydrogens (tertiary/aromatic N) is 2. The molecule has 0 radical (unpaired) electrons. The van der Waals surface area contributed by atoms with E-state index < -0.39 is 0 Å². The summed E-state index contributed by atoms with van der Waals surface area (Å²) < 4.78 is 13.5. The predicted octanol–water partition coefficient (Wildman–Crippen LogP) is 6.83. The second kappa shape index (κ2) is 8.94. The molecule has 2 heterocycles. The lowest BCUT2D eigenvalue weighted by Gasteiger charge is -2.09. The van der Waals surface area contributed by atoms with Crippen molar-refractivity contribution in [3.8, 4) is 11.5 Å². The van der Waals surface area contributed by atoms with Crippen LogP contribution in [0.1, 0.15) is 10.4 Å². The first-order valence-corrected chi connectivity index (χ1v) is 11.8. The second-order valence-electron chi connectivity index (χ2n) is 7.10. The largest absolute Gasteiger partial charge is 0.457 e. The maximum Gasteiger partial charge on any atom is 0.252 e. The minimum atomic E-state index is -0.145. The van der Waals surface area contributed by atoms with E-state index in [0.717, 1.165) is 25.9 Å². The molecule has 8 heteroatoms. The molecular weight excluding hydrogens is 512 g/mol. The van der Waals surface area contributed by atoms with Gasteiger partial charge in [-0.15, -0.1) is 16.4 Å². The first-order chi connectivity index (χ1) is 15.6. The van der Waals surface area contributed by atoms with Crippen LogP contribution in [0.5, 0.6) is 11.5 Å². The van der Waals surface area contributed by atoms with E-state index in [1.807, 2.05) is 72.8 Å². The molecule has 1 aromatic heterocycles. The summed E-state index contributed by atoms with van der Waals surface area (Å²) in [5, 5.41) is 7.10. The standard InChI is InChI=1S/C24H16BrClN2O3S/c25-16-6-4-5-15(11-16)12-21(29)28-14-30-24(27-28)23-22(26)19-13-18(9-10-20(19)32-23)31-17-7-2-1-3-8-17/h1-11,13H,12,14H2. The molecule has 0 atom stereocenters. The molecule has 5 rings (SSSR count). The number of hydrazone groups is 1. The van der Waals surface area contributed by atoms with Crippen molar-refractivity contribution < 1.29 is 14.3 Å². The van der Waals surface area contributed by atoms with E-state index in [1.165, 1.54) is 16.3 Å². The highest BCUT2D eigenvalue weighted by molar-refractivity contribution is 9.10. The number of thiophene rings is 1. The van der Waals surface area contributed by atoms with Gasteiger partial charge in [0.05, 0.1) is 11.4 Å². The third-order valence-corrected chi connectivity index (χ3v) is 7.00. The van der Waals surface area contributed by atoms with Crippen molar-refractivity contribution in [2.24, 2.45) is 5.10 Å². The number of ether oxygens (including phenoxy) is 2. The Morgan fingerprint density at radius 3 is 2.75 bits per heavy atom.